The second-order valence-corrected chi connectivity index (χ2v) is 6.60. The highest BCUT2D eigenvalue weighted by molar-refractivity contribution is 8.17. The minimum absolute atomic E-state index is 0.757. The van der Waals surface area contributed by atoms with E-state index >= 15 is 0 Å². The van der Waals surface area contributed by atoms with Crippen LogP contribution in [0.25, 0.3) is 0 Å². The number of carbonyl (C=O) groups is 1. The molecule has 0 unspecified atom stereocenters. The van der Waals surface area contributed by atoms with Crippen molar-refractivity contribution in [3.8, 4) is 0 Å². The molecule has 0 aromatic carbocycles. The predicted octanol–water partition coefficient (Wildman–Crippen LogP) is 3.72. The van der Waals surface area contributed by atoms with E-state index in [0.717, 1.165) is 23.7 Å². The first kappa shape index (κ1) is 12.4. The van der Waals surface area contributed by atoms with Crippen molar-refractivity contribution >= 4 is 29.8 Å². The lowest BCUT2D eigenvalue weighted by Gasteiger charge is -2.20. The Morgan fingerprint density at radius 3 is 2.50 bits per heavy atom. The maximum absolute atomic E-state index is 10.1. The van der Waals surface area contributed by atoms with Gasteiger partial charge in [0, 0.05) is 6.42 Å². The van der Waals surface area contributed by atoms with E-state index in [2.05, 4.69) is 23.5 Å². The van der Waals surface area contributed by atoms with Gasteiger partial charge in [0.05, 0.1) is 4.58 Å². The first-order valence-corrected chi connectivity index (χ1v) is 7.70. The normalized spacial score (nSPS) is 18.3. The van der Waals surface area contributed by atoms with Crippen LogP contribution in [0.15, 0.2) is 0 Å². The van der Waals surface area contributed by atoms with E-state index in [-0.39, 0.29) is 0 Å². The smallest absolute Gasteiger partial charge is 0.119 e. The van der Waals surface area contributed by atoms with Crippen LogP contribution in [0.1, 0.15) is 44.9 Å². The van der Waals surface area contributed by atoms with Crippen molar-refractivity contribution in [2.24, 2.45) is 0 Å². The zero-order valence-electron chi connectivity index (χ0n) is 8.74. The van der Waals surface area contributed by atoms with Crippen LogP contribution in [0.4, 0.5) is 0 Å². The van der Waals surface area contributed by atoms with E-state index in [1.54, 1.807) is 0 Å². The Balaban J connectivity index is 1.85. The van der Waals surface area contributed by atoms with Crippen molar-refractivity contribution in [2.45, 2.75) is 49.5 Å². The molecule has 1 aliphatic rings. The summed E-state index contributed by atoms with van der Waals surface area (Å²) in [4.78, 5) is 10.1. The molecule has 1 saturated heterocycles. The maximum atomic E-state index is 10.1. The lowest BCUT2D eigenvalue weighted by Crippen LogP contribution is -2.06. The number of hydrogen-bond acceptors (Lipinski definition) is 3. The molecule has 1 fully saturated rings. The van der Waals surface area contributed by atoms with Gasteiger partial charge in [0.1, 0.15) is 6.29 Å². The topological polar surface area (TPSA) is 17.1 Å². The third-order valence-electron chi connectivity index (χ3n) is 2.41. The maximum Gasteiger partial charge on any atom is 0.119 e. The second-order valence-electron chi connectivity index (χ2n) is 3.68. The largest absolute Gasteiger partial charge is 0.303 e. The van der Waals surface area contributed by atoms with Gasteiger partial charge in [-0.15, -0.1) is 23.5 Å². The second kappa shape index (κ2) is 8.66. The van der Waals surface area contributed by atoms with Crippen LogP contribution in [0.2, 0.25) is 0 Å². The van der Waals surface area contributed by atoms with Crippen LogP contribution in [0, 0.1) is 0 Å². The summed E-state index contributed by atoms with van der Waals surface area (Å²) in [6.07, 6.45) is 9.55. The molecule has 0 amide bonds. The summed E-state index contributed by atoms with van der Waals surface area (Å²) in [5.41, 5.74) is 0. The van der Waals surface area contributed by atoms with Crippen molar-refractivity contribution < 1.29 is 4.79 Å². The zero-order valence-corrected chi connectivity index (χ0v) is 10.4. The van der Waals surface area contributed by atoms with Crippen LogP contribution in [0.3, 0.4) is 0 Å². The molecule has 1 rings (SSSR count). The summed E-state index contributed by atoms with van der Waals surface area (Å²) in [6, 6.07) is 0. The Morgan fingerprint density at radius 2 is 1.79 bits per heavy atom. The SMILES string of the molecule is O=CCCCCCCC1SCCCS1. The van der Waals surface area contributed by atoms with Gasteiger partial charge in [-0.1, -0.05) is 19.3 Å². The Labute approximate surface area is 95.8 Å². The van der Waals surface area contributed by atoms with E-state index in [4.69, 9.17) is 0 Å². The average molecular weight is 232 g/mol. The van der Waals surface area contributed by atoms with Gasteiger partial charge >= 0.3 is 0 Å². The summed E-state index contributed by atoms with van der Waals surface area (Å²) >= 11 is 4.28. The molecule has 0 aromatic rings. The van der Waals surface area contributed by atoms with Crippen molar-refractivity contribution in [2.75, 3.05) is 11.5 Å². The molecule has 0 radical (unpaired) electrons. The molecule has 3 heteroatoms. The number of thioether (sulfide) groups is 2. The van der Waals surface area contributed by atoms with Gasteiger partial charge in [-0.2, -0.15) is 0 Å². The molecule has 0 saturated carbocycles. The summed E-state index contributed by atoms with van der Waals surface area (Å²) in [6.45, 7) is 0. The zero-order chi connectivity index (χ0) is 10.1. The Morgan fingerprint density at radius 1 is 1.07 bits per heavy atom. The fourth-order valence-corrected chi connectivity index (χ4v) is 4.55. The Bertz CT molecular complexity index is 144. The fourth-order valence-electron chi connectivity index (χ4n) is 1.60. The lowest BCUT2D eigenvalue weighted by atomic mass is 10.1. The van der Waals surface area contributed by atoms with Crippen LogP contribution >= 0.6 is 23.5 Å². The van der Waals surface area contributed by atoms with Gasteiger partial charge in [0.25, 0.3) is 0 Å². The minimum atomic E-state index is 0.757. The molecule has 0 spiro atoms. The van der Waals surface area contributed by atoms with Gasteiger partial charge in [0.2, 0.25) is 0 Å². The number of hydrogen-bond donors (Lipinski definition) is 0. The van der Waals surface area contributed by atoms with Crippen molar-refractivity contribution in [1.82, 2.24) is 0 Å². The Kier molecular flexibility index (Phi) is 7.69. The third kappa shape index (κ3) is 5.97. The highest BCUT2D eigenvalue weighted by Crippen LogP contribution is 2.33. The van der Waals surface area contributed by atoms with Crippen LogP contribution in [-0.4, -0.2) is 22.4 Å². The number of rotatable bonds is 7. The van der Waals surface area contributed by atoms with Gasteiger partial charge in [-0.3, -0.25) is 0 Å². The first-order valence-electron chi connectivity index (χ1n) is 5.60. The average Bonchev–Trinajstić information content (AvgIpc) is 2.25. The van der Waals surface area contributed by atoms with Crippen molar-refractivity contribution in [1.29, 1.82) is 0 Å². The van der Waals surface area contributed by atoms with Crippen molar-refractivity contribution in [3.63, 3.8) is 0 Å². The van der Waals surface area contributed by atoms with Crippen LogP contribution < -0.4 is 0 Å². The molecule has 82 valence electrons. The van der Waals surface area contributed by atoms with E-state index in [9.17, 15) is 4.79 Å². The van der Waals surface area contributed by atoms with Crippen LogP contribution in [0.5, 0.6) is 0 Å². The molecule has 1 nitrogen and oxygen atoms in total. The Hall–Kier alpha value is 0.370. The molecule has 1 aliphatic heterocycles. The van der Waals surface area contributed by atoms with Gasteiger partial charge in [-0.05, 0) is 30.8 Å². The van der Waals surface area contributed by atoms with Gasteiger partial charge in [-0.25, -0.2) is 0 Å². The highest BCUT2D eigenvalue weighted by atomic mass is 32.2. The van der Waals surface area contributed by atoms with Crippen molar-refractivity contribution in [3.05, 3.63) is 0 Å². The van der Waals surface area contributed by atoms with Crippen LogP contribution in [-0.2, 0) is 4.79 Å². The minimum Gasteiger partial charge on any atom is -0.303 e. The molecule has 0 N–H and O–H groups in total. The molecule has 0 aliphatic carbocycles. The molecule has 14 heavy (non-hydrogen) atoms. The molecule has 0 atom stereocenters. The highest BCUT2D eigenvalue weighted by Gasteiger charge is 2.13. The monoisotopic (exact) mass is 232 g/mol. The first-order chi connectivity index (χ1) is 6.93. The standard InChI is InChI=1S/C11H20OS2/c12-8-5-3-1-2-4-7-11-13-9-6-10-14-11/h8,11H,1-7,9-10H2. The van der Waals surface area contributed by atoms with Gasteiger partial charge < -0.3 is 4.79 Å². The quantitative estimate of drug-likeness (QED) is 0.492. The summed E-state index contributed by atoms with van der Waals surface area (Å²) in [7, 11) is 0. The fraction of sp³-hybridized carbons (Fsp3) is 0.909. The summed E-state index contributed by atoms with van der Waals surface area (Å²) in [5.74, 6) is 2.73. The van der Waals surface area contributed by atoms with E-state index in [1.807, 2.05) is 0 Å². The van der Waals surface area contributed by atoms with E-state index < -0.39 is 0 Å². The third-order valence-corrected chi connectivity index (χ3v) is 5.49. The molecule has 1 heterocycles. The molecule has 0 aromatic heterocycles. The molecular weight excluding hydrogens is 212 g/mol. The number of unbranched alkanes of at least 4 members (excludes halogenated alkanes) is 4. The van der Waals surface area contributed by atoms with E-state index in [1.165, 1.54) is 43.6 Å². The number of carbonyl (C=O) groups excluding carboxylic acids is 1. The predicted molar refractivity (Wildman–Crippen MR) is 67.1 cm³/mol. The van der Waals surface area contributed by atoms with Gasteiger partial charge in [0.15, 0.2) is 0 Å². The molecular formula is C11H20OS2. The summed E-state index contributed by atoms with van der Waals surface area (Å²) in [5, 5.41) is 0. The molecule has 0 bridgehead atoms. The lowest BCUT2D eigenvalue weighted by molar-refractivity contribution is -0.107. The summed E-state index contributed by atoms with van der Waals surface area (Å²) < 4.78 is 0.870. The van der Waals surface area contributed by atoms with E-state index in [0.29, 0.717) is 0 Å². The number of aldehydes is 1.